The van der Waals surface area contributed by atoms with Gasteiger partial charge in [-0.05, 0) is 0 Å². The number of carbonyl (C=O) groups excluding carboxylic acids is 1. The van der Waals surface area contributed by atoms with Crippen molar-refractivity contribution in [2.75, 3.05) is 38.5 Å². The molecule has 3 N–H and O–H groups in total. The number of anilines is 1. The summed E-state index contributed by atoms with van der Waals surface area (Å²) in [5.41, 5.74) is -0.321. The number of aromatic amines is 1. The predicted octanol–water partition coefficient (Wildman–Crippen LogP) is -1.14. The Kier molecular flexibility index (Phi) is 3.38. The Labute approximate surface area is 98.2 Å². The van der Waals surface area contributed by atoms with Gasteiger partial charge in [-0.1, -0.05) is 0 Å². The molecule has 1 fully saturated rings. The first-order chi connectivity index (χ1) is 8.22. The molecule has 1 aliphatic rings. The van der Waals surface area contributed by atoms with Crippen LogP contribution in [0.25, 0.3) is 0 Å². The van der Waals surface area contributed by atoms with E-state index in [-0.39, 0.29) is 11.5 Å². The van der Waals surface area contributed by atoms with Gasteiger partial charge < -0.3 is 15.5 Å². The number of nitrogens with one attached hydrogen (secondary N) is 3. The number of amides is 1. The molecule has 2 heterocycles. The van der Waals surface area contributed by atoms with Crippen molar-refractivity contribution in [3.63, 3.8) is 0 Å². The summed E-state index contributed by atoms with van der Waals surface area (Å²) in [6, 6.07) is 0. The minimum absolute atomic E-state index is 0.0888. The summed E-state index contributed by atoms with van der Waals surface area (Å²) in [7, 11) is 1.65. The van der Waals surface area contributed by atoms with E-state index in [1.54, 1.807) is 11.9 Å². The van der Waals surface area contributed by atoms with Crippen molar-refractivity contribution in [3.8, 4) is 0 Å². The van der Waals surface area contributed by atoms with E-state index in [1.807, 2.05) is 0 Å². The molecule has 1 saturated heterocycles. The van der Waals surface area contributed by atoms with E-state index in [0.717, 1.165) is 13.1 Å². The summed E-state index contributed by atoms with van der Waals surface area (Å²) in [4.78, 5) is 31.8. The largest absolute Gasteiger partial charge is 0.359 e. The number of H-pyrrole nitrogens is 1. The lowest BCUT2D eigenvalue weighted by Crippen LogP contribution is -2.47. The number of piperazine rings is 1. The van der Waals surface area contributed by atoms with E-state index in [0.29, 0.717) is 19.0 Å². The van der Waals surface area contributed by atoms with Crippen molar-refractivity contribution in [1.82, 2.24) is 20.2 Å². The van der Waals surface area contributed by atoms with Crippen molar-refractivity contribution < 1.29 is 4.79 Å². The first kappa shape index (κ1) is 11.6. The highest BCUT2D eigenvalue weighted by atomic mass is 16.2. The van der Waals surface area contributed by atoms with Crippen LogP contribution in [-0.4, -0.2) is 54.0 Å². The van der Waals surface area contributed by atoms with E-state index >= 15 is 0 Å². The first-order valence-corrected chi connectivity index (χ1v) is 5.49. The smallest absolute Gasteiger partial charge is 0.265 e. The summed E-state index contributed by atoms with van der Waals surface area (Å²) in [6.07, 6.45) is 1.31. The zero-order valence-electron chi connectivity index (χ0n) is 9.62. The number of hydrogen-bond acceptors (Lipinski definition) is 5. The Balaban J connectivity index is 2.21. The third-order valence-electron chi connectivity index (χ3n) is 2.67. The molecule has 1 aliphatic heterocycles. The Morgan fingerprint density at radius 2 is 2.18 bits per heavy atom. The van der Waals surface area contributed by atoms with Gasteiger partial charge in [0.15, 0.2) is 0 Å². The fourth-order valence-electron chi connectivity index (χ4n) is 1.71. The van der Waals surface area contributed by atoms with Crippen LogP contribution in [0.3, 0.4) is 0 Å². The third kappa shape index (κ3) is 2.44. The van der Waals surface area contributed by atoms with Crippen molar-refractivity contribution >= 4 is 11.9 Å². The topological polar surface area (TPSA) is 90.1 Å². The molecule has 2 rings (SSSR count). The molecule has 0 aromatic carbocycles. The molecule has 0 atom stereocenters. The SMILES string of the molecule is CNc1ncc(C(=O)N2CCNCC2)c(=O)[nH]1. The molecule has 0 saturated carbocycles. The Morgan fingerprint density at radius 3 is 2.76 bits per heavy atom. The standard InChI is InChI=1S/C10H15N5O2/c1-11-10-13-6-7(8(16)14-10)9(17)15-4-2-12-3-5-15/h6,12H,2-5H2,1H3,(H2,11,13,14,16). The lowest BCUT2D eigenvalue weighted by molar-refractivity contribution is 0.0733. The second kappa shape index (κ2) is 4.96. The Morgan fingerprint density at radius 1 is 1.47 bits per heavy atom. The summed E-state index contributed by atoms with van der Waals surface area (Å²) >= 11 is 0. The average Bonchev–Trinajstić information content (AvgIpc) is 2.39. The minimum Gasteiger partial charge on any atom is -0.359 e. The Bertz CT molecular complexity index is 464. The molecule has 1 aromatic rings. The molecular formula is C10H15N5O2. The van der Waals surface area contributed by atoms with Crippen LogP contribution in [0.5, 0.6) is 0 Å². The van der Waals surface area contributed by atoms with E-state index in [9.17, 15) is 9.59 Å². The van der Waals surface area contributed by atoms with E-state index in [1.165, 1.54) is 6.20 Å². The van der Waals surface area contributed by atoms with Gasteiger partial charge in [-0.2, -0.15) is 0 Å². The molecule has 0 unspecified atom stereocenters. The monoisotopic (exact) mass is 237 g/mol. The summed E-state index contributed by atoms with van der Waals surface area (Å²) in [5, 5.41) is 5.86. The molecule has 17 heavy (non-hydrogen) atoms. The number of nitrogens with zero attached hydrogens (tertiary/aromatic N) is 2. The predicted molar refractivity (Wildman–Crippen MR) is 63.2 cm³/mol. The van der Waals surface area contributed by atoms with Crippen LogP contribution >= 0.6 is 0 Å². The quantitative estimate of drug-likeness (QED) is 0.604. The number of aromatic nitrogens is 2. The molecule has 0 bridgehead atoms. The highest BCUT2D eigenvalue weighted by Gasteiger charge is 2.20. The highest BCUT2D eigenvalue weighted by molar-refractivity contribution is 5.93. The van der Waals surface area contributed by atoms with Crippen molar-refractivity contribution in [2.45, 2.75) is 0 Å². The third-order valence-corrected chi connectivity index (χ3v) is 2.67. The Hall–Kier alpha value is -1.89. The minimum atomic E-state index is -0.409. The van der Waals surface area contributed by atoms with Crippen LogP contribution in [0, 0.1) is 0 Å². The molecule has 0 radical (unpaired) electrons. The maximum atomic E-state index is 12.0. The van der Waals surface area contributed by atoms with Crippen LogP contribution < -0.4 is 16.2 Å². The second-order valence-corrected chi connectivity index (χ2v) is 3.77. The molecule has 7 nitrogen and oxygen atoms in total. The normalized spacial score (nSPS) is 15.7. The van der Waals surface area contributed by atoms with E-state index in [4.69, 9.17) is 0 Å². The summed E-state index contributed by atoms with van der Waals surface area (Å²) < 4.78 is 0. The number of carbonyl (C=O) groups is 1. The number of hydrogen-bond donors (Lipinski definition) is 3. The fourth-order valence-corrected chi connectivity index (χ4v) is 1.71. The lowest BCUT2D eigenvalue weighted by Gasteiger charge is -2.27. The number of rotatable bonds is 2. The molecule has 1 aromatic heterocycles. The molecule has 0 spiro atoms. The summed E-state index contributed by atoms with van der Waals surface area (Å²) in [5.74, 6) is 0.0924. The van der Waals surface area contributed by atoms with Gasteiger partial charge in [0.1, 0.15) is 5.56 Å². The van der Waals surface area contributed by atoms with Gasteiger partial charge in [-0.25, -0.2) is 4.98 Å². The van der Waals surface area contributed by atoms with Gasteiger partial charge in [0.05, 0.1) is 0 Å². The van der Waals surface area contributed by atoms with Crippen LogP contribution in [0.4, 0.5) is 5.95 Å². The second-order valence-electron chi connectivity index (χ2n) is 3.77. The zero-order chi connectivity index (χ0) is 12.3. The average molecular weight is 237 g/mol. The maximum Gasteiger partial charge on any atom is 0.265 e. The first-order valence-electron chi connectivity index (χ1n) is 5.49. The van der Waals surface area contributed by atoms with Gasteiger partial charge in [0, 0.05) is 39.4 Å². The summed E-state index contributed by atoms with van der Waals surface area (Å²) in [6.45, 7) is 2.75. The highest BCUT2D eigenvalue weighted by Crippen LogP contribution is 2.01. The van der Waals surface area contributed by atoms with Crippen LogP contribution in [0.15, 0.2) is 11.0 Å². The van der Waals surface area contributed by atoms with Gasteiger partial charge in [0.25, 0.3) is 11.5 Å². The zero-order valence-corrected chi connectivity index (χ0v) is 9.62. The van der Waals surface area contributed by atoms with Gasteiger partial charge in [-0.3, -0.25) is 14.6 Å². The van der Waals surface area contributed by atoms with Gasteiger partial charge in [-0.15, -0.1) is 0 Å². The van der Waals surface area contributed by atoms with E-state index < -0.39 is 5.56 Å². The lowest BCUT2D eigenvalue weighted by atomic mass is 10.2. The van der Waals surface area contributed by atoms with Gasteiger partial charge in [0.2, 0.25) is 5.95 Å². The molecule has 7 heteroatoms. The van der Waals surface area contributed by atoms with Crippen molar-refractivity contribution in [2.24, 2.45) is 0 Å². The van der Waals surface area contributed by atoms with Crippen LogP contribution in [0.2, 0.25) is 0 Å². The van der Waals surface area contributed by atoms with Gasteiger partial charge >= 0.3 is 0 Å². The van der Waals surface area contributed by atoms with Crippen molar-refractivity contribution in [1.29, 1.82) is 0 Å². The van der Waals surface area contributed by atoms with E-state index in [2.05, 4.69) is 20.6 Å². The molecule has 92 valence electrons. The maximum absolute atomic E-state index is 12.0. The molecule has 1 amide bonds. The van der Waals surface area contributed by atoms with Crippen molar-refractivity contribution in [3.05, 3.63) is 22.1 Å². The van der Waals surface area contributed by atoms with Crippen LogP contribution in [0.1, 0.15) is 10.4 Å². The molecular weight excluding hydrogens is 222 g/mol. The fraction of sp³-hybridized carbons (Fsp3) is 0.500. The van der Waals surface area contributed by atoms with Crippen LogP contribution in [-0.2, 0) is 0 Å². The molecule has 0 aliphatic carbocycles.